The normalized spacial score (nSPS) is 16.0. The van der Waals surface area contributed by atoms with Gasteiger partial charge in [-0.2, -0.15) is 4.31 Å². The summed E-state index contributed by atoms with van der Waals surface area (Å²) in [5.74, 6) is -0.0961. The summed E-state index contributed by atoms with van der Waals surface area (Å²) >= 11 is 0. The number of hydrogen-bond donors (Lipinski definition) is 1. The topological polar surface area (TPSA) is 74.7 Å². The van der Waals surface area contributed by atoms with Crippen LogP contribution in [-0.2, 0) is 23.1 Å². The second-order valence-corrected chi connectivity index (χ2v) is 8.08. The number of hydrogen-bond acceptors (Lipinski definition) is 4. The van der Waals surface area contributed by atoms with E-state index in [4.69, 9.17) is 0 Å². The molecule has 0 aromatic carbocycles. The molecule has 0 saturated carbocycles. The Bertz CT molecular complexity index is 665. The van der Waals surface area contributed by atoms with Crippen LogP contribution in [0.3, 0.4) is 0 Å². The summed E-state index contributed by atoms with van der Waals surface area (Å²) in [6.07, 6.45) is 1.93. The Morgan fingerprint density at radius 1 is 1.25 bits per heavy atom. The third-order valence-electron chi connectivity index (χ3n) is 4.51. The standard InChI is InChI=1S/C16H28N4O3S/c1-4-18(5-2)12-9-17-16(21)15-8-7-14-13-19(24(3,22)23)10-6-11-20(14)15/h7-8H,4-6,9-13H2,1-3H3,(H,17,21). The zero-order valence-electron chi connectivity index (χ0n) is 14.8. The highest BCUT2D eigenvalue weighted by atomic mass is 32.2. The summed E-state index contributed by atoms with van der Waals surface area (Å²) in [5.41, 5.74) is 1.48. The molecule has 0 radical (unpaired) electrons. The van der Waals surface area contributed by atoms with Gasteiger partial charge in [0.25, 0.3) is 5.91 Å². The van der Waals surface area contributed by atoms with Gasteiger partial charge in [-0.1, -0.05) is 13.8 Å². The van der Waals surface area contributed by atoms with Gasteiger partial charge in [-0.3, -0.25) is 4.79 Å². The lowest BCUT2D eigenvalue weighted by Crippen LogP contribution is -2.35. The van der Waals surface area contributed by atoms with E-state index in [1.54, 1.807) is 6.07 Å². The fourth-order valence-electron chi connectivity index (χ4n) is 3.02. The molecule has 1 N–H and O–H groups in total. The van der Waals surface area contributed by atoms with Crippen LogP contribution in [0.25, 0.3) is 0 Å². The monoisotopic (exact) mass is 356 g/mol. The number of aromatic nitrogens is 1. The van der Waals surface area contributed by atoms with Gasteiger partial charge in [0.15, 0.2) is 0 Å². The summed E-state index contributed by atoms with van der Waals surface area (Å²) in [6.45, 7) is 9.05. The molecule has 0 bridgehead atoms. The van der Waals surface area contributed by atoms with Crippen molar-refractivity contribution in [3.8, 4) is 0 Å². The Labute approximate surface area is 144 Å². The van der Waals surface area contributed by atoms with Crippen LogP contribution in [0.2, 0.25) is 0 Å². The maximum absolute atomic E-state index is 12.4. The lowest BCUT2D eigenvalue weighted by molar-refractivity contribution is 0.0939. The number of nitrogens with one attached hydrogen (secondary N) is 1. The van der Waals surface area contributed by atoms with Crippen LogP contribution in [0, 0.1) is 0 Å². The van der Waals surface area contributed by atoms with Crippen molar-refractivity contribution in [3.05, 3.63) is 23.5 Å². The van der Waals surface area contributed by atoms with Crippen LogP contribution in [0.4, 0.5) is 0 Å². The van der Waals surface area contributed by atoms with Gasteiger partial charge >= 0.3 is 0 Å². The first-order valence-electron chi connectivity index (χ1n) is 8.50. The summed E-state index contributed by atoms with van der Waals surface area (Å²) < 4.78 is 27.0. The van der Waals surface area contributed by atoms with Crippen LogP contribution in [0.5, 0.6) is 0 Å². The predicted octanol–water partition coefficient (Wildman–Crippen LogP) is 0.725. The highest BCUT2D eigenvalue weighted by molar-refractivity contribution is 7.88. The number of sulfonamides is 1. The van der Waals surface area contributed by atoms with Crippen LogP contribution in [0.15, 0.2) is 12.1 Å². The van der Waals surface area contributed by atoms with Crippen molar-refractivity contribution in [1.29, 1.82) is 0 Å². The van der Waals surface area contributed by atoms with Crippen molar-refractivity contribution in [2.75, 3.05) is 39.0 Å². The molecular weight excluding hydrogens is 328 g/mol. The fraction of sp³-hybridized carbons (Fsp3) is 0.688. The minimum Gasteiger partial charge on any atom is -0.349 e. The molecule has 0 unspecified atom stereocenters. The average Bonchev–Trinajstić information content (AvgIpc) is 2.80. The summed E-state index contributed by atoms with van der Waals surface area (Å²) in [4.78, 5) is 14.7. The van der Waals surface area contributed by atoms with E-state index in [2.05, 4.69) is 24.1 Å². The molecule has 0 saturated heterocycles. The van der Waals surface area contributed by atoms with Gasteiger partial charge in [0.1, 0.15) is 5.69 Å². The molecule has 0 fully saturated rings. The molecule has 1 aromatic rings. The molecule has 1 aliphatic heterocycles. The smallest absolute Gasteiger partial charge is 0.267 e. The first kappa shape index (κ1) is 19.0. The number of rotatable bonds is 7. The van der Waals surface area contributed by atoms with Gasteiger partial charge < -0.3 is 14.8 Å². The predicted molar refractivity (Wildman–Crippen MR) is 94.4 cm³/mol. The van der Waals surface area contributed by atoms with Gasteiger partial charge in [0, 0.05) is 31.9 Å². The molecular formula is C16H28N4O3S. The van der Waals surface area contributed by atoms with Crippen molar-refractivity contribution in [2.45, 2.75) is 33.4 Å². The Kier molecular flexibility index (Phi) is 6.42. The quantitative estimate of drug-likeness (QED) is 0.781. The molecule has 2 rings (SSSR count). The van der Waals surface area contributed by atoms with Gasteiger partial charge in [-0.05, 0) is 31.6 Å². The van der Waals surface area contributed by atoms with E-state index in [9.17, 15) is 13.2 Å². The van der Waals surface area contributed by atoms with Crippen LogP contribution in [-0.4, -0.2) is 67.1 Å². The molecule has 1 aliphatic rings. The number of amides is 1. The first-order valence-corrected chi connectivity index (χ1v) is 10.4. The van der Waals surface area contributed by atoms with E-state index in [0.717, 1.165) is 25.3 Å². The molecule has 7 nitrogen and oxygen atoms in total. The van der Waals surface area contributed by atoms with Crippen molar-refractivity contribution in [2.24, 2.45) is 0 Å². The largest absolute Gasteiger partial charge is 0.349 e. The van der Waals surface area contributed by atoms with Gasteiger partial charge in [-0.15, -0.1) is 0 Å². The molecule has 2 heterocycles. The summed E-state index contributed by atoms with van der Waals surface area (Å²) in [6, 6.07) is 3.64. The van der Waals surface area contributed by atoms with E-state index in [-0.39, 0.29) is 5.91 Å². The SMILES string of the molecule is CCN(CC)CCNC(=O)c1ccc2n1CCCN(S(C)(=O)=O)C2. The number of fused-ring (bicyclic) bond motifs is 1. The molecule has 8 heteroatoms. The van der Waals surface area contributed by atoms with Crippen molar-refractivity contribution in [3.63, 3.8) is 0 Å². The number of carbonyl (C=O) groups is 1. The van der Waals surface area contributed by atoms with Gasteiger partial charge in [-0.25, -0.2) is 8.42 Å². The lowest BCUT2D eigenvalue weighted by atomic mass is 10.3. The minimum absolute atomic E-state index is 0.0961. The third kappa shape index (κ3) is 4.58. The Balaban J connectivity index is 2.03. The summed E-state index contributed by atoms with van der Waals surface area (Å²) in [5, 5.41) is 2.96. The molecule has 1 amide bonds. The van der Waals surface area contributed by atoms with Gasteiger partial charge in [0.05, 0.1) is 12.8 Å². The highest BCUT2D eigenvalue weighted by Crippen LogP contribution is 2.18. The summed E-state index contributed by atoms with van der Waals surface area (Å²) in [7, 11) is -3.22. The van der Waals surface area contributed by atoms with E-state index in [1.165, 1.54) is 10.6 Å². The Morgan fingerprint density at radius 2 is 1.96 bits per heavy atom. The Morgan fingerprint density at radius 3 is 2.58 bits per heavy atom. The van der Waals surface area contributed by atoms with Crippen LogP contribution in [0.1, 0.15) is 36.5 Å². The van der Waals surface area contributed by atoms with Crippen molar-refractivity contribution in [1.82, 2.24) is 19.1 Å². The lowest BCUT2D eigenvalue weighted by Gasteiger charge is -2.18. The van der Waals surface area contributed by atoms with Crippen molar-refractivity contribution < 1.29 is 13.2 Å². The first-order chi connectivity index (χ1) is 11.4. The molecule has 24 heavy (non-hydrogen) atoms. The second-order valence-electron chi connectivity index (χ2n) is 6.09. The minimum atomic E-state index is -3.22. The zero-order chi connectivity index (χ0) is 17.7. The van der Waals surface area contributed by atoms with Crippen molar-refractivity contribution >= 4 is 15.9 Å². The number of likely N-dealkylation sites (N-methyl/N-ethyl adjacent to an activating group) is 1. The highest BCUT2D eigenvalue weighted by Gasteiger charge is 2.24. The second kappa shape index (κ2) is 8.13. The molecule has 136 valence electrons. The van der Waals surface area contributed by atoms with E-state index in [0.29, 0.717) is 38.3 Å². The molecule has 1 aromatic heterocycles. The number of carbonyl (C=O) groups excluding carboxylic acids is 1. The van der Waals surface area contributed by atoms with Crippen LogP contribution >= 0.6 is 0 Å². The van der Waals surface area contributed by atoms with Crippen LogP contribution < -0.4 is 5.32 Å². The van der Waals surface area contributed by atoms with E-state index >= 15 is 0 Å². The average molecular weight is 356 g/mol. The maximum atomic E-state index is 12.4. The molecule has 0 spiro atoms. The van der Waals surface area contributed by atoms with E-state index in [1.807, 2.05) is 10.6 Å². The third-order valence-corrected chi connectivity index (χ3v) is 5.76. The van der Waals surface area contributed by atoms with E-state index < -0.39 is 10.0 Å². The Hall–Kier alpha value is -1.38. The fourth-order valence-corrected chi connectivity index (χ4v) is 3.84. The molecule has 0 atom stereocenters. The van der Waals surface area contributed by atoms with Gasteiger partial charge in [0.2, 0.25) is 10.0 Å². The maximum Gasteiger partial charge on any atom is 0.267 e. The number of nitrogens with zero attached hydrogens (tertiary/aromatic N) is 3. The zero-order valence-corrected chi connectivity index (χ0v) is 15.6. The molecule has 0 aliphatic carbocycles.